The van der Waals surface area contributed by atoms with Gasteiger partial charge in [-0.3, -0.25) is 4.79 Å². The zero-order valence-corrected chi connectivity index (χ0v) is 12.5. The minimum absolute atomic E-state index is 0.746. The monoisotopic (exact) mass is 357 g/mol. The Morgan fingerprint density at radius 3 is 2.12 bits per heavy atom. The molecule has 0 unspecified atom stereocenters. The van der Waals surface area contributed by atoms with Crippen LogP contribution in [0.15, 0.2) is 0 Å². The topological polar surface area (TPSA) is 223 Å². The SMILES string of the molecule is NC(=O)[C@@H](O)[C@H](O)[C@@H](O[C@@H]1O[C@H](CO)[C@@H](O)[C@H](O)[C@H]1O)[C@@H](O)CO. The molecule has 1 aliphatic heterocycles. The second kappa shape index (κ2) is 8.96. The van der Waals surface area contributed by atoms with Crippen LogP contribution in [0.5, 0.6) is 0 Å². The molecular formula is C12H23NO11. The first-order valence-electron chi connectivity index (χ1n) is 7.06. The van der Waals surface area contributed by atoms with Gasteiger partial charge in [0.2, 0.25) is 5.91 Å². The van der Waals surface area contributed by atoms with E-state index in [1.54, 1.807) is 0 Å². The summed E-state index contributed by atoms with van der Waals surface area (Å²) in [5.41, 5.74) is 4.83. The largest absolute Gasteiger partial charge is 0.394 e. The average molecular weight is 357 g/mol. The normalized spacial score (nSPS) is 35.9. The minimum atomic E-state index is -2.17. The molecule has 12 heteroatoms. The molecule has 0 aromatic rings. The van der Waals surface area contributed by atoms with E-state index in [1.807, 2.05) is 0 Å². The molecule has 1 fully saturated rings. The third-order valence-corrected chi connectivity index (χ3v) is 3.66. The van der Waals surface area contributed by atoms with Crippen LogP contribution < -0.4 is 5.73 Å². The standard InChI is InChI=1S/C12H23NO11/c13-11(22)8(20)7(19)10(3(16)1-14)24-12-9(21)6(18)5(17)4(2-15)23-12/h3-10,12,14-21H,1-2H2,(H2,13,22)/t3-,4+,5+,6-,7-,8-,9+,10-,12-/m0/s1. The summed E-state index contributed by atoms with van der Waals surface area (Å²) in [5, 5.41) is 76.2. The number of aliphatic hydroxyl groups is 8. The maximum atomic E-state index is 10.9. The van der Waals surface area contributed by atoms with Gasteiger partial charge in [0.05, 0.1) is 13.2 Å². The van der Waals surface area contributed by atoms with E-state index in [-0.39, 0.29) is 0 Å². The smallest absolute Gasteiger partial charge is 0.249 e. The minimum Gasteiger partial charge on any atom is -0.394 e. The summed E-state index contributed by atoms with van der Waals surface area (Å²) < 4.78 is 10.1. The summed E-state index contributed by atoms with van der Waals surface area (Å²) in [6.45, 7) is -1.70. The number of primary amides is 1. The number of hydrogen-bond donors (Lipinski definition) is 9. The van der Waals surface area contributed by atoms with Crippen molar-refractivity contribution in [1.29, 1.82) is 0 Å². The second-order valence-corrected chi connectivity index (χ2v) is 5.39. The van der Waals surface area contributed by atoms with Crippen LogP contribution >= 0.6 is 0 Å². The van der Waals surface area contributed by atoms with Crippen LogP contribution in [0, 0.1) is 0 Å². The average Bonchev–Trinajstić information content (AvgIpc) is 2.57. The Labute approximate surface area is 136 Å². The van der Waals surface area contributed by atoms with Gasteiger partial charge in [0.15, 0.2) is 12.4 Å². The molecule has 0 radical (unpaired) electrons. The number of amides is 1. The van der Waals surface area contributed by atoms with Crippen LogP contribution in [-0.2, 0) is 14.3 Å². The maximum Gasteiger partial charge on any atom is 0.249 e. The van der Waals surface area contributed by atoms with Gasteiger partial charge in [-0.2, -0.15) is 0 Å². The Kier molecular flexibility index (Phi) is 7.88. The van der Waals surface area contributed by atoms with E-state index in [1.165, 1.54) is 0 Å². The highest BCUT2D eigenvalue weighted by atomic mass is 16.7. The quantitative estimate of drug-likeness (QED) is 0.198. The third-order valence-electron chi connectivity index (χ3n) is 3.66. The lowest BCUT2D eigenvalue weighted by Crippen LogP contribution is -2.62. The summed E-state index contributed by atoms with van der Waals surface area (Å²) in [7, 11) is 0. The van der Waals surface area contributed by atoms with Crippen molar-refractivity contribution in [2.45, 2.75) is 55.1 Å². The van der Waals surface area contributed by atoms with Gasteiger partial charge < -0.3 is 56.1 Å². The molecule has 24 heavy (non-hydrogen) atoms. The molecule has 0 aromatic heterocycles. The van der Waals surface area contributed by atoms with E-state index in [9.17, 15) is 35.4 Å². The van der Waals surface area contributed by atoms with E-state index in [0.29, 0.717) is 0 Å². The third kappa shape index (κ3) is 4.58. The number of nitrogens with two attached hydrogens (primary N) is 1. The van der Waals surface area contributed by atoms with Crippen molar-refractivity contribution in [2.24, 2.45) is 5.73 Å². The van der Waals surface area contributed by atoms with E-state index in [2.05, 4.69) is 0 Å². The van der Waals surface area contributed by atoms with Crippen LogP contribution in [0.3, 0.4) is 0 Å². The Morgan fingerprint density at radius 1 is 1.08 bits per heavy atom. The summed E-state index contributed by atoms with van der Waals surface area (Å²) in [6, 6.07) is 0. The van der Waals surface area contributed by atoms with Crippen molar-refractivity contribution in [3.63, 3.8) is 0 Å². The molecule has 12 nitrogen and oxygen atoms in total. The summed E-state index contributed by atoms with van der Waals surface area (Å²) in [5.74, 6) is -1.34. The van der Waals surface area contributed by atoms with Gasteiger partial charge in [-0.05, 0) is 0 Å². The fourth-order valence-electron chi connectivity index (χ4n) is 2.19. The zero-order valence-electron chi connectivity index (χ0n) is 12.5. The van der Waals surface area contributed by atoms with Crippen molar-refractivity contribution >= 4 is 5.91 Å². The van der Waals surface area contributed by atoms with Gasteiger partial charge in [0, 0.05) is 0 Å². The number of ether oxygens (including phenoxy) is 2. The van der Waals surface area contributed by atoms with Crippen molar-refractivity contribution in [2.75, 3.05) is 13.2 Å². The number of aliphatic hydroxyl groups excluding tert-OH is 8. The lowest BCUT2D eigenvalue weighted by atomic mass is 9.98. The molecule has 10 N–H and O–H groups in total. The van der Waals surface area contributed by atoms with E-state index < -0.39 is 74.2 Å². The van der Waals surface area contributed by atoms with E-state index >= 15 is 0 Å². The Hall–Kier alpha value is -0.930. The highest BCUT2D eigenvalue weighted by Crippen LogP contribution is 2.24. The molecule has 0 aromatic carbocycles. The summed E-state index contributed by atoms with van der Waals surface area (Å²) in [4.78, 5) is 10.9. The maximum absolute atomic E-state index is 10.9. The molecular weight excluding hydrogens is 334 g/mol. The van der Waals surface area contributed by atoms with Crippen molar-refractivity contribution in [3.8, 4) is 0 Å². The Balaban J connectivity index is 2.94. The first-order chi connectivity index (χ1) is 11.1. The van der Waals surface area contributed by atoms with Crippen LogP contribution in [0.25, 0.3) is 0 Å². The van der Waals surface area contributed by atoms with Crippen molar-refractivity contribution in [3.05, 3.63) is 0 Å². The lowest BCUT2D eigenvalue weighted by Gasteiger charge is -2.42. The number of carbonyl (C=O) groups excluding carboxylic acids is 1. The first kappa shape index (κ1) is 21.1. The van der Waals surface area contributed by atoms with Crippen molar-refractivity contribution < 1.29 is 55.1 Å². The van der Waals surface area contributed by atoms with Crippen LogP contribution in [0.1, 0.15) is 0 Å². The van der Waals surface area contributed by atoms with Gasteiger partial charge >= 0.3 is 0 Å². The van der Waals surface area contributed by atoms with Crippen LogP contribution in [0.2, 0.25) is 0 Å². The highest BCUT2D eigenvalue weighted by Gasteiger charge is 2.47. The molecule has 1 amide bonds. The van der Waals surface area contributed by atoms with Crippen LogP contribution in [-0.4, -0.2) is 115 Å². The van der Waals surface area contributed by atoms with Gasteiger partial charge in [0.25, 0.3) is 0 Å². The molecule has 1 rings (SSSR count). The van der Waals surface area contributed by atoms with Crippen LogP contribution in [0.4, 0.5) is 0 Å². The summed E-state index contributed by atoms with van der Waals surface area (Å²) in [6.07, 6.45) is -16.3. The predicted octanol–water partition coefficient (Wildman–Crippen LogP) is -6.27. The predicted molar refractivity (Wildman–Crippen MR) is 72.9 cm³/mol. The van der Waals surface area contributed by atoms with E-state index in [4.69, 9.17) is 25.4 Å². The van der Waals surface area contributed by atoms with Gasteiger partial charge in [-0.1, -0.05) is 0 Å². The van der Waals surface area contributed by atoms with Crippen molar-refractivity contribution in [1.82, 2.24) is 0 Å². The molecule has 9 atom stereocenters. The number of hydrogen-bond acceptors (Lipinski definition) is 11. The molecule has 0 bridgehead atoms. The molecule has 142 valence electrons. The fraction of sp³-hybridized carbons (Fsp3) is 0.917. The number of carbonyl (C=O) groups is 1. The van der Waals surface area contributed by atoms with Gasteiger partial charge in [-0.25, -0.2) is 0 Å². The van der Waals surface area contributed by atoms with Gasteiger partial charge in [0.1, 0.15) is 42.7 Å². The first-order valence-corrected chi connectivity index (χ1v) is 7.06. The lowest BCUT2D eigenvalue weighted by molar-refractivity contribution is -0.326. The molecule has 0 aliphatic carbocycles. The molecule has 0 saturated carbocycles. The summed E-state index contributed by atoms with van der Waals surface area (Å²) >= 11 is 0. The number of rotatable bonds is 8. The second-order valence-electron chi connectivity index (χ2n) is 5.39. The highest BCUT2D eigenvalue weighted by molar-refractivity contribution is 5.79. The molecule has 1 heterocycles. The zero-order chi connectivity index (χ0) is 18.6. The fourth-order valence-corrected chi connectivity index (χ4v) is 2.19. The molecule has 1 saturated heterocycles. The Bertz CT molecular complexity index is 408. The molecule has 0 spiro atoms. The van der Waals surface area contributed by atoms with Gasteiger partial charge in [-0.15, -0.1) is 0 Å². The van der Waals surface area contributed by atoms with E-state index in [0.717, 1.165) is 0 Å². The Morgan fingerprint density at radius 2 is 1.67 bits per heavy atom. The molecule has 1 aliphatic rings.